The Labute approximate surface area is 131 Å². The summed E-state index contributed by atoms with van der Waals surface area (Å²) in [5.74, 6) is 0.877. The van der Waals surface area contributed by atoms with Crippen LogP contribution in [-0.2, 0) is 6.54 Å². The van der Waals surface area contributed by atoms with Gasteiger partial charge in [0.15, 0.2) is 0 Å². The van der Waals surface area contributed by atoms with Crippen molar-refractivity contribution >= 4 is 10.9 Å². The highest BCUT2D eigenvalue weighted by molar-refractivity contribution is 5.83. The van der Waals surface area contributed by atoms with Gasteiger partial charge < -0.3 is 14.6 Å². The van der Waals surface area contributed by atoms with Crippen molar-refractivity contribution in [1.29, 1.82) is 0 Å². The van der Waals surface area contributed by atoms with E-state index in [0.717, 1.165) is 18.0 Å². The summed E-state index contributed by atoms with van der Waals surface area (Å²) in [6.07, 6.45) is 0. The Bertz CT molecular complexity index is 757. The highest BCUT2D eigenvalue weighted by atomic mass is 16.5. The SMILES string of the molecule is COc1ccc(-n2c(CNC(C)C)cc3ccccc32)cc1. The quantitative estimate of drug-likeness (QED) is 0.765. The molecule has 114 valence electrons. The molecule has 0 spiro atoms. The standard InChI is InChI=1S/C19H22N2O/c1-14(2)20-13-17-12-15-6-4-5-7-19(15)21(17)16-8-10-18(22-3)11-9-16/h4-12,14,20H,13H2,1-3H3. The van der Waals surface area contributed by atoms with Gasteiger partial charge in [0.05, 0.1) is 12.6 Å². The van der Waals surface area contributed by atoms with Crippen LogP contribution < -0.4 is 10.1 Å². The van der Waals surface area contributed by atoms with Gasteiger partial charge in [-0.1, -0.05) is 32.0 Å². The molecule has 1 N–H and O–H groups in total. The van der Waals surface area contributed by atoms with E-state index in [-0.39, 0.29) is 0 Å². The lowest BCUT2D eigenvalue weighted by Gasteiger charge is -2.13. The van der Waals surface area contributed by atoms with E-state index in [2.05, 4.69) is 66.2 Å². The molecule has 1 heterocycles. The summed E-state index contributed by atoms with van der Waals surface area (Å²) in [5.41, 5.74) is 3.65. The molecular formula is C19H22N2O. The minimum Gasteiger partial charge on any atom is -0.497 e. The number of methoxy groups -OCH3 is 1. The van der Waals surface area contributed by atoms with Gasteiger partial charge in [-0.05, 0) is 36.4 Å². The first kappa shape index (κ1) is 14.7. The van der Waals surface area contributed by atoms with Crippen molar-refractivity contribution in [3.05, 3.63) is 60.3 Å². The number of nitrogens with one attached hydrogen (secondary N) is 1. The molecule has 3 nitrogen and oxygen atoms in total. The van der Waals surface area contributed by atoms with E-state index in [4.69, 9.17) is 4.74 Å². The van der Waals surface area contributed by atoms with E-state index in [9.17, 15) is 0 Å². The maximum Gasteiger partial charge on any atom is 0.119 e. The summed E-state index contributed by atoms with van der Waals surface area (Å²) < 4.78 is 7.57. The molecule has 0 aliphatic heterocycles. The van der Waals surface area contributed by atoms with Crippen molar-refractivity contribution in [2.75, 3.05) is 7.11 Å². The fourth-order valence-corrected chi connectivity index (χ4v) is 2.69. The van der Waals surface area contributed by atoms with Crippen molar-refractivity contribution in [1.82, 2.24) is 9.88 Å². The molecule has 3 heteroatoms. The number of ether oxygens (including phenoxy) is 1. The molecule has 0 fully saturated rings. The molecule has 0 aliphatic carbocycles. The Hall–Kier alpha value is -2.26. The van der Waals surface area contributed by atoms with Gasteiger partial charge in [-0.2, -0.15) is 0 Å². The summed E-state index contributed by atoms with van der Waals surface area (Å²) in [5, 5.41) is 4.77. The van der Waals surface area contributed by atoms with Crippen molar-refractivity contribution in [2.24, 2.45) is 0 Å². The van der Waals surface area contributed by atoms with Crippen molar-refractivity contribution in [3.63, 3.8) is 0 Å². The lowest BCUT2D eigenvalue weighted by Crippen LogP contribution is -2.23. The highest BCUT2D eigenvalue weighted by Crippen LogP contribution is 2.25. The van der Waals surface area contributed by atoms with Gasteiger partial charge in [-0.25, -0.2) is 0 Å². The zero-order valence-electron chi connectivity index (χ0n) is 13.3. The Morgan fingerprint density at radius 3 is 2.45 bits per heavy atom. The van der Waals surface area contributed by atoms with Gasteiger partial charge in [0.25, 0.3) is 0 Å². The molecule has 1 aromatic heterocycles. The molecular weight excluding hydrogens is 272 g/mol. The maximum absolute atomic E-state index is 5.26. The number of aromatic nitrogens is 1. The lowest BCUT2D eigenvalue weighted by molar-refractivity contribution is 0.414. The Balaban J connectivity index is 2.09. The molecule has 3 rings (SSSR count). The van der Waals surface area contributed by atoms with Gasteiger partial charge in [0.1, 0.15) is 5.75 Å². The highest BCUT2D eigenvalue weighted by Gasteiger charge is 2.10. The second kappa shape index (κ2) is 6.24. The van der Waals surface area contributed by atoms with Gasteiger partial charge in [0, 0.05) is 29.4 Å². The van der Waals surface area contributed by atoms with Gasteiger partial charge >= 0.3 is 0 Å². The van der Waals surface area contributed by atoms with Crippen LogP contribution in [0.5, 0.6) is 5.75 Å². The summed E-state index contributed by atoms with van der Waals surface area (Å²) in [7, 11) is 1.69. The molecule has 0 aliphatic rings. The van der Waals surface area contributed by atoms with Crippen molar-refractivity contribution in [3.8, 4) is 11.4 Å². The number of hydrogen-bond donors (Lipinski definition) is 1. The monoisotopic (exact) mass is 294 g/mol. The van der Waals surface area contributed by atoms with E-state index in [1.165, 1.54) is 16.6 Å². The van der Waals surface area contributed by atoms with Crippen molar-refractivity contribution in [2.45, 2.75) is 26.4 Å². The van der Waals surface area contributed by atoms with E-state index in [1.807, 2.05) is 12.1 Å². The smallest absolute Gasteiger partial charge is 0.119 e. The van der Waals surface area contributed by atoms with Crippen molar-refractivity contribution < 1.29 is 4.74 Å². The minimum absolute atomic E-state index is 0.460. The third kappa shape index (κ3) is 2.85. The number of fused-ring (bicyclic) bond motifs is 1. The topological polar surface area (TPSA) is 26.2 Å². The fraction of sp³-hybridized carbons (Fsp3) is 0.263. The lowest BCUT2D eigenvalue weighted by atomic mass is 10.2. The molecule has 0 unspecified atom stereocenters. The molecule has 22 heavy (non-hydrogen) atoms. The molecule has 0 radical (unpaired) electrons. The summed E-state index contributed by atoms with van der Waals surface area (Å²) >= 11 is 0. The molecule has 2 aromatic carbocycles. The molecule has 0 saturated heterocycles. The Morgan fingerprint density at radius 2 is 1.77 bits per heavy atom. The van der Waals surface area contributed by atoms with Crippen LogP contribution in [0.4, 0.5) is 0 Å². The Kier molecular flexibility index (Phi) is 4.16. The number of benzene rings is 2. The summed E-state index contributed by atoms with van der Waals surface area (Å²) in [6.45, 7) is 5.18. The predicted octanol–water partition coefficient (Wildman–Crippen LogP) is 4.14. The van der Waals surface area contributed by atoms with Gasteiger partial charge in [-0.3, -0.25) is 0 Å². The number of para-hydroxylation sites is 1. The Morgan fingerprint density at radius 1 is 1.05 bits per heavy atom. The number of nitrogens with zero attached hydrogens (tertiary/aromatic N) is 1. The van der Waals surface area contributed by atoms with E-state index >= 15 is 0 Å². The first-order valence-corrected chi connectivity index (χ1v) is 7.66. The molecule has 0 bridgehead atoms. The van der Waals surface area contributed by atoms with Crippen LogP contribution in [0.2, 0.25) is 0 Å². The average molecular weight is 294 g/mol. The van der Waals surface area contributed by atoms with E-state index < -0.39 is 0 Å². The van der Waals surface area contributed by atoms with Crippen LogP contribution in [0.3, 0.4) is 0 Å². The molecule has 3 aromatic rings. The largest absolute Gasteiger partial charge is 0.497 e. The van der Waals surface area contributed by atoms with Crippen LogP contribution >= 0.6 is 0 Å². The summed E-state index contributed by atoms with van der Waals surface area (Å²) in [6, 6.07) is 19.4. The van der Waals surface area contributed by atoms with Gasteiger partial charge in [0.2, 0.25) is 0 Å². The summed E-state index contributed by atoms with van der Waals surface area (Å²) in [4.78, 5) is 0. The minimum atomic E-state index is 0.460. The van der Waals surface area contributed by atoms with E-state index in [0.29, 0.717) is 6.04 Å². The van der Waals surface area contributed by atoms with Crippen LogP contribution in [0.25, 0.3) is 16.6 Å². The zero-order valence-corrected chi connectivity index (χ0v) is 13.3. The predicted molar refractivity (Wildman–Crippen MR) is 91.8 cm³/mol. The number of rotatable bonds is 5. The molecule has 0 atom stereocenters. The van der Waals surface area contributed by atoms with Gasteiger partial charge in [-0.15, -0.1) is 0 Å². The van der Waals surface area contributed by atoms with Crippen LogP contribution in [-0.4, -0.2) is 17.7 Å². The van der Waals surface area contributed by atoms with Crippen LogP contribution in [0, 0.1) is 0 Å². The third-order valence-corrected chi connectivity index (χ3v) is 3.81. The van der Waals surface area contributed by atoms with E-state index in [1.54, 1.807) is 7.11 Å². The molecule has 0 amide bonds. The first-order valence-electron chi connectivity index (χ1n) is 7.66. The normalized spacial score (nSPS) is 11.3. The molecule has 0 saturated carbocycles. The second-order valence-corrected chi connectivity index (χ2v) is 5.76. The maximum atomic E-state index is 5.26. The number of hydrogen-bond acceptors (Lipinski definition) is 2. The fourth-order valence-electron chi connectivity index (χ4n) is 2.69. The first-order chi connectivity index (χ1) is 10.7. The zero-order chi connectivity index (χ0) is 15.5. The third-order valence-electron chi connectivity index (χ3n) is 3.81. The average Bonchev–Trinajstić information content (AvgIpc) is 2.91. The second-order valence-electron chi connectivity index (χ2n) is 5.76. The van der Waals surface area contributed by atoms with Crippen LogP contribution in [0.15, 0.2) is 54.6 Å². The van der Waals surface area contributed by atoms with Crippen LogP contribution in [0.1, 0.15) is 19.5 Å².